The van der Waals surface area contributed by atoms with E-state index in [9.17, 15) is 18.0 Å². The summed E-state index contributed by atoms with van der Waals surface area (Å²) in [6.07, 6.45) is 0. The molecule has 20 heavy (non-hydrogen) atoms. The summed E-state index contributed by atoms with van der Waals surface area (Å²) in [4.78, 5) is 12.4. The number of ketones is 1. The minimum Gasteiger partial charge on any atom is -0.398 e. The Morgan fingerprint density at radius 3 is 2.00 bits per heavy atom. The first-order valence-electron chi connectivity index (χ1n) is 5.87. The van der Waals surface area contributed by atoms with Gasteiger partial charge in [0.1, 0.15) is 5.82 Å². The number of aryl methyl sites for hydroxylation is 2. The van der Waals surface area contributed by atoms with E-state index in [0.29, 0.717) is 11.1 Å². The Balaban J connectivity index is 2.61. The highest BCUT2D eigenvalue weighted by molar-refractivity contribution is 6.13. The fourth-order valence-corrected chi connectivity index (χ4v) is 2.16. The predicted molar refractivity (Wildman–Crippen MR) is 70.1 cm³/mol. The van der Waals surface area contributed by atoms with Gasteiger partial charge in [0.05, 0.1) is 0 Å². The van der Waals surface area contributed by atoms with Gasteiger partial charge in [-0.15, -0.1) is 0 Å². The maximum atomic E-state index is 13.3. The zero-order chi connectivity index (χ0) is 15.0. The van der Waals surface area contributed by atoms with Crippen molar-refractivity contribution in [3.8, 4) is 0 Å². The first-order valence-corrected chi connectivity index (χ1v) is 5.87. The number of halogens is 3. The molecule has 2 aromatic rings. The Morgan fingerprint density at radius 1 is 0.950 bits per heavy atom. The lowest BCUT2D eigenvalue weighted by Crippen LogP contribution is -2.10. The lowest BCUT2D eigenvalue weighted by molar-refractivity contribution is 0.103. The lowest BCUT2D eigenvalue weighted by Gasteiger charge is -2.11. The first-order chi connectivity index (χ1) is 9.31. The van der Waals surface area contributed by atoms with E-state index in [4.69, 9.17) is 5.73 Å². The normalized spacial score (nSPS) is 10.7. The highest BCUT2D eigenvalue weighted by atomic mass is 19.2. The van der Waals surface area contributed by atoms with E-state index >= 15 is 0 Å². The Bertz CT molecular complexity index is 688. The van der Waals surface area contributed by atoms with Crippen molar-refractivity contribution in [1.29, 1.82) is 0 Å². The SMILES string of the molecule is Cc1cc(F)cc(C)c1C(=O)c1cc(F)c(F)cc1N. The fraction of sp³-hybridized carbons (Fsp3) is 0.133. The number of anilines is 1. The molecule has 0 aromatic heterocycles. The summed E-state index contributed by atoms with van der Waals surface area (Å²) in [6.45, 7) is 3.14. The van der Waals surface area contributed by atoms with E-state index < -0.39 is 23.2 Å². The maximum absolute atomic E-state index is 13.3. The van der Waals surface area contributed by atoms with Gasteiger partial charge >= 0.3 is 0 Å². The summed E-state index contributed by atoms with van der Waals surface area (Å²) >= 11 is 0. The number of nitrogens with two attached hydrogens (primary N) is 1. The molecule has 0 aliphatic heterocycles. The molecule has 104 valence electrons. The maximum Gasteiger partial charge on any atom is 0.195 e. The summed E-state index contributed by atoms with van der Waals surface area (Å²) in [5.74, 6) is -3.29. The van der Waals surface area contributed by atoms with Gasteiger partial charge in [-0.05, 0) is 43.2 Å². The fourth-order valence-electron chi connectivity index (χ4n) is 2.16. The second-order valence-corrected chi connectivity index (χ2v) is 4.60. The molecular formula is C15H12F3NO. The van der Waals surface area contributed by atoms with Crippen LogP contribution in [0.25, 0.3) is 0 Å². The van der Waals surface area contributed by atoms with Gasteiger partial charge in [-0.25, -0.2) is 13.2 Å². The lowest BCUT2D eigenvalue weighted by atomic mass is 9.94. The third-order valence-electron chi connectivity index (χ3n) is 3.06. The summed E-state index contributed by atoms with van der Waals surface area (Å²) in [5, 5.41) is 0. The van der Waals surface area contributed by atoms with Crippen molar-refractivity contribution in [3.05, 3.63) is 64.0 Å². The molecule has 0 aliphatic rings. The topological polar surface area (TPSA) is 43.1 Å². The third kappa shape index (κ3) is 2.39. The molecule has 0 unspecified atom stereocenters. The molecule has 0 saturated heterocycles. The van der Waals surface area contributed by atoms with Crippen molar-refractivity contribution < 1.29 is 18.0 Å². The molecule has 5 heteroatoms. The molecule has 0 spiro atoms. The molecule has 2 nitrogen and oxygen atoms in total. The zero-order valence-electron chi connectivity index (χ0n) is 10.9. The Labute approximate surface area is 114 Å². The highest BCUT2D eigenvalue weighted by Gasteiger charge is 2.20. The molecule has 0 atom stereocenters. The van der Waals surface area contributed by atoms with Gasteiger partial charge in [0.25, 0.3) is 0 Å². The number of hydrogen-bond acceptors (Lipinski definition) is 2. The van der Waals surface area contributed by atoms with E-state index in [1.54, 1.807) is 13.8 Å². The molecule has 0 bridgehead atoms. The van der Waals surface area contributed by atoms with Gasteiger partial charge in [-0.1, -0.05) is 0 Å². The van der Waals surface area contributed by atoms with Gasteiger partial charge in [0.15, 0.2) is 17.4 Å². The third-order valence-corrected chi connectivity index (χ3v) is 3.06. The Hall–Kier alpha value is -2.30. The number of benzene rings is 2. The Kier molecular flexibility index (Phi) is 3.53. The highest BCUT2D eigenvalue weighted by Crippen LogP contribution is 2.24. The molecule has 0 amide bonds. The standard InChI is InChI=1S/C15H12F3NO/c1-7-3-9(16)4-8(2)14(7)15(20)10-5-11(17)12(18)6-13(10)19/h3-6H,19H2,1-2H3. The number of carbonyl (C=O) groups excluding carboxylic acids is 1. The van der Waals surface area contributed by atoms with Crippen LogP contribution < -0.4 is 5.73 Å². The van der Waals surface area contributed by atoms with Crippen molar-refractivity contribution in [3.63, 3.8) is 0 Å². The minimum atomic E-state index is -1.15. The number of carbonyl (C=O) groups is 1. The van der Waals surface area contributed by atoms with Crippen molar-refractivity contribution in [1.82, 2.24) is 0 Å². The minimum absolute atomic E-state index is 0.137. The molecule has 0 aliphatic carbocycles. The number of rotatable bonds is 2. The van der Waals surface area contributed by atoms with E-state index in [0.717, 1.165) is 12.1 Å². The van der Waals surface area contributed by atoms with Crippen LogP contribution in [0.4, 0.5) is 18.9 Å². The van der Waals surface area contributed by atoms with Crippen LogP contribution in [0.3, 0.4) is 0 Å². The van der Waals surface area contributed by atoms with Crippen molar-refractivity contribution in [2.75, 3.05) is 5.73 Å². The molecule has 0 heterocycles. The molecule has 2 rings (SSSR count). The second-order valence-electron chi connectivity index (χ2n) is 4.60. The van der Waals surface area contributed by atoms with Crippen LogP contribution >= 0.6 is 0 Å². The van der Waals surface area contributed by atoms with Crippen LogP contribution in [0, 0.1) is 31.3 Å². The molecule has 0 radical (unpaired) electrons. The van der Waals surface area contributed by atoms with Crippen molar-refractivity contribution >= 4 is 11.5 Å². The van der Waals surface area contributed by atoms with E-state index in [2.05, 4.69) is 0 Å². The molecule has 0 saturated carbocycles. The van der Waals surface area contributed by atoms with E-state index in [-0.39, 0.29) is 16.8 Å². The van der Waals surface area contributed by atoms with Gasteiger partial charge in [-0.2, -0.15) is 0 Å². The summed E-state index contributed by atoms with van der Waals surface area (Å²) in [6, 6.07) is 3.93. The van der Waals surface area contributed by atoms with E-state index in [1.807, 2.05) is 0 Å². The molecule has 0 fully saturated rings. The smallest absolute Gasteiger partial charge is 0.195 e. The second kappa shape index (κ2) is 5.00. The average Bonchev–Trinajstić information content (AvgIpc) is 2.32. The van der Waals surface area contributed by atoms with Crippen LogP contribution in [0.5, 0.6) is 0 Å². The molecular weight excluding hydrogens is 267 g/mol. The van der Waals surface area contributed by atoms with Gasteiger partial charge in [0.2, 0.25) is 0 Å². The molecule has 2 aromatic carbocycles. The number of hydrogen-bond donors (Lipinski definition) is 1. The quantitative estimate of drug-likeness (QED) is 0.675. The van der Waals surface area contributed by atoms with Crippen LogP contribution in [0.2, 0.25) is 0 Å². The zero-order valence-corrected chi connectivity index (χ0v) is 10.9. The first kappa shape index (κ1) is 14.1. The van der Waals surface area contributed by atoms with Crippen LogP contribution in [0.15, 0.2) is 24.3 Å². The average molecular weight is 279 g/mol. The summed E-state index contributed by atoms with van der Waals surface area (Å²) in [7, 11) is 0. The predicted octanol–water partition coefficient (Wildman–Crippen LogP) is 3.53. The van der Waals surface area contributed by atoms with Crippen molar-refractivity contribution in [2.45, 2.75) is 13.8 Å². The van der Waals surface area contributed by atoms with Crippen LogP contribution in [-0.4, -0.2) is 5.78 Å². The summed E-state index contributed by atoms with van der Waals surface area (Å²) in [5.41, 5.74) is 6.33. The van der Waals surface area contributed by atoms with Crippen molar-refractivity contribution in [2.24, 2.45) is 0 Å². The van der Waals surface area contributed by atoms with Gasteiger partial charge < -0.3 is 5.73 Å². The number of nitrogen functional groups attached to an aromatic ring is 1. The van der Waals surface area contributed by atoms with Crippen LogP contribution in [-0.2, 0) is 0 Å². The largest absolute Gasteiger partial charge is 0.398 e. The molecule has 2 N–H and O–H groups in total. The van der Waals surface area contributed by atoms with Gasteiger partial charge in [0, 0.05) is 22.9 Å². The van der Waals surface area contributed by atoms with Gasteiger partial charge in [-0.3, -0.25) is 4.79 Å². The monoisotopic (exact) mass is 279 g/mol. The van der Waals surface area contributed by atoms with E-state index in [1.165, 1.54) is 12.1 Å². The van der Waals surface area contributed by atoms with Crippen LogP contribution in [0.1, 0.15) is 27.0 Å². The Morgan fingerprint density at radius 2 is 1.45 bits per heavy atom. The summed E-state index contributed by atoms with van der Waals surface area (Å²) < 4.78 is 39.5.